The predicted molar refractivity (Wildman–Crippen MR) is 89.4 cm³/mol. The molecule has 7 heteroatoms. The maximum absolute atomic E-state index is 12.7. The number of benzene rings is 1. The molecule has 2 atom stereocenters. The van der Waals surface area contributed by atoms with E-state index < -0.39 is 0 Å². The number of hydrogen-bond acceptors (Lipinski definition) is 4. The first-order valence-corrected chi connectivity index (χ1v) is 8.14. The van der Waals surface area contributed by atoms with E-state index >= 15 is 0 Å². The van der Waals surface area contributed by atoms with E-state index in [9.17, 15) is 4.79 Å². The number of rotatable bonds is 4. The van der Waals surface area contributed by atoms with Crippen molar-refractivity contribution in [2.24, 2.45) is 5.92 Å². The number of fused-ring (bicyclic) bond motifs is 1. The third kappa shape index (κ3) is 2.56. The quantitative estimate of drug-likeness (QED) is 0.772. The van der Waals surface area contributed by atoms with Crippen LogP contribution in [0, 0.1) is 5.92 Å². The second-order valence-electron chi connectivity index (χ2n) is 5.85. The fourth-order valence-electron chi connectivity index (χ4n) is 3.18. The molecule has 0 spiro atoms. The summed E-state index contributed by atoms with van der Waals surface area (Å²) in [5.74, 6) is 0.901. The van der Waals surface area contributed by atoms with Crippen molar-refractivity contribution in [3.8, 4) is 0 Å². The number of ether oxygens (including phenoxy) is 1. The number of aryl methyl sites for hydroxylation is 1. The standard InChI is InChI=1S/C17H19N5O2/c1-2-22-9-8-18-15(22)14-11(7-10-24-14)16(23)21-17-19-12-5-3-4-6-13(12)20-17/h3-6,8-9,11,14H,2,7,10H2,1H3,(H2,19,20,21,23)/t11-,14-/m1/s1. The van der Waals surface area contributed by atoms with Crippen molar-refractivity contribution in [1.82, 2.24) is 19.5 Å². The zero-order valence-electron chi connectivity index (χ0n) is 13.4. The molecule has 7 nitrogen and oxygen atoms in total. The van der Waals surface area contributed by atoms with E-state index in [-0.39, 0.29) is 17.9 Å². The van der Waals surface area contributed by atoms with Crippen LogP contribution in [0.2, 0.25) is 0 Å². The van der Waals surface area contributed by atoms with Crippen LogP contribution in [0.5, 0.6) is 0 Å². The Morgan fingerprint density at radius 1 is 1.46 bits per heavy atom. The van der Waals surface area contributed by atoms with Gasteiger partial charge in [-0.15, -0.1) is 0 Å². The Morgan fingerprint density at radius 3 is 3.17 bits per heavy atom. The number of para-hydroxylation sites is 2. The molecule has 1 saturated heterocycles. The van der Waals surface area contributed by atoms with E-state index in [4.69, 9.17) is 4.74 Å². The summed E-state index contributed by atoms with van der Waals surface area (Å²) in [5, 5.41) is 2.88. The Morgan fingerprint density at radius 2 is 2.33 bits per heavy atom. The second kappa shape index (κ2) is 6.09. The Hall–Kier alpha value is -2.67. The van der Waals surface area contributed by atoms with E-state index in [1.54, 1.807) is 6.20 Å². The molecule has 0 bridgehead atoms. The topological polar surface area (TPSA) is 84.8 Å². The summed E-state index contributed by atoms with van der Waals surface area (Å²) in [6.45, 7) is 3.40. The van der Waals surface area contributed by atoms with Gasteiger partial charge in [0.1, 0.15) is 11.9 Å². The number of hydrogen-bond donors (Lipinski definition) is 2. The Labute approximate surface area is 139 Å². The van der Waals surface area contributed by atoms with Crippen LogP contribution in [0.4, 0.5) is 5.95 Å². The van der Waals surface area contributed by atoms with Gasteiger partial charge < -0.3 is 14.3 Å². The molecular weight excluding hydrogens is 306 g/mol. The molecule has 1 fully saturated rings. The third-order valence-electron chi connectivity index (χ3n) is 4.40. The zero-order chi connectivity index (χ0) is 16.5. The van der Waals surface area contributed by atoms with Gasteiger partial charge in [0.15, 0.2) is 0 Å². The molecule has 3 aromatic rings. The average molecular weight is 325 g/mol. The zero-order valence-corrected chi connectivity index (χ0v) is 13.4. The van der Waals surface area contributed by atoms with Gasteiger partial charge in [0.2, 0.25) is 11.9 Å². The molecule has 1 aliphatic heterocycles. The molecule has 0 aliphatic carbocycles. The number of amides is 1. The Balaban J connectivity index is 1.54. The van der Waals surface area contributed by atoms with Gasteiger partial charge in [-0.1, -0.05) is 12.1 Å². The summed E-state index contributed by atoms with van der Waals surface area (Å²) >= 11 is 0. The summed E-state index contributed by atoms with van der Waals surface area (Å²) < 4.78 is 7.81. The van der Waals surface area contributed by atoms with E-state index in [1.165, 1.54) is 0 Å². The molecular formula is C17H19N5O2. The van der Waals surface area contributed by atoms with E-state index in [0.29, 0.717) is 19.0 Å². The minimum Gasteiger partial charge on any atom is -0.369 e. The number of carbonyl (C=O) groups is 1. The lowest BCUT2D eigenvalue weighted by atomic mass is 10.00. The van der Waals surface area contributed by atoms with E-state index in [0.717, 1.165) is 23.4 Å². The Bertz CT molecular complexity index is 836. The van der Waals surface area contributed by atoms with Gasteiger partial charge in [-0.25, -0.2) is 9.97 Å². The highest BCUT2D eigenvalue weighted by Gasteiger charge is 2.38. The molecule has 1 amide bonds. The van der Waals surface area contributed by atoms with Gasteiger partial charge >= 0.3 is 0 Å². The van der Waals surface area contributed by atoms with Gasteiger partial charge in [0.25, 0.3) is 0 Å². The van der Waals surface area contributed by atoms with Gasteiger partial charge in [0.05, 0.1) is 17.0 Å². The predicted octanol–water partition coefficient (Wildman–Crippen LogP) is 2.50. The lowest BCUT2D eigenvalue weighted by molar-refractivity contribution is -0.121. The number of imidazole rings is 2. The summed E-state index contributed by atoms with van der Waals surface area (Å²) in [7, 11) is 0. The number of nitrogens with one attached hydrogen (secondary N) is 2. The molecule has 2 aromatic heterocycles. The molecule has 0 saturated carbocycles. The van der Waals surface area contributed by atoms with Gasteiger partial charge in [-0.2, -0.15) is 0 Å². The lowest BCUT2D eigenvalue weighted by Crippen LogP contribution is -2.27. The fourth-order valence-corrected chi connectivity index (χ4v) is 3.18. The van der Waals surface area contributed by atoms with Crippen LogP contribution in [0.25, 0.3) is 11.0 Å². The number of carbonyl (C=O) groups excluding carboxylic acids is 1. The Kier molecular flexibility index (Phi) is 3.78. The molecule has 2 N–H and O–H groups in total. The summed E-state index contributed by atoms with van der Waals surface area (Å²) in [6.07, 6.45) is 4.01. The fraction of sp³-hybridized carbons (Fsp3) is 0.353. The molecule has 0 unspecified atom stereocenters. The molecule has 4 rings (SSSR count). The first-order chi connectivity index (χ1) is 11.8. The van der Waals surface area contributed by atoms with Crippen molar-refractivity contribution in [3.05, 3.63) is 42.5 Å². The number of anilines is 1. The minimum atomic E-state index is -0.315. The molecule has 124 valence electrons. The van der Waals surface area contributed by atoms with Crippen LogP contribution in [0.15, 0.2) is 36.7 Å². The van der Waals surface area contributed by atoms with Crippen molar-refractivity contribution >= 4 is 22.9 Å². The van der Waals surface area contributed by atoms with Crippen molar-refractivity contribution in [2.45, 2.75) is 26.0 Å². The molecule has 0 radical (unpaired) electrons. The normalized spacial score (nSPS) is 20.5. The highest BCUT2D eigenvalue weighted by Crippen LogP contribution is 2.34. The van der Waals surface area contributed by atoms with E-state index in [2.05, 4.69) is 20.3 Å². The molecule has 24 heavy (non-hydrogen) atoms. The van der Waals surface area contributed by atoms with Gasteiger partial charge in [0, 0.05) is 25.5 Å². The average Bonchev–Trinajstić information content (AvgIpc) is 3.31. The molecule has 1 aliphatic rings. The van der Waals surface area contributed by atoms with Gasteiger partial charge in [-0.05, 0) is 25.5 Å². The van der Waals surface area contributed by atoms with Crippen molar-refractivity contribution in [3.63, 3.8) is 0 Å². The maximum atomic E-state index is 12.7. The number of nitrogens with zero attached hydrogens (tertiary/aromatic N) is 3. The summed E-state index contributed by atoms with van der Waals surface area (Å²) in [6, 6.07) is 7.68. The lowest BCUT2D eigenvalue weighted by Gasteiger charge is -2.18. The van der Waals surface area contributed by atoms with Crippen LogP contribution in [0.1, 0.15) is 25.3 Å². The third-order valence-corrected chi connectivity index (χ3v) is 4.40. The number of aromatic nitrogens is 4. The van der Waals surface area contributed by atoms with Crippen LogP contribution in [-0.4, -0.2) is 32.0 Å². The monoisotopic (exact) mass is 325 g/mol. The van der Waals surface area contributed by atoms with E-state index in [1.807, 2.05) is 42.0 Å². The largest absolute Gasteiger partial charge is 0.369 e. The van der Waals surface area contributed by atoms with Crippen molar-refractivity contribution in [1.29, 1.82) is 0 Å². The van der Waals surface area contributed by atoms with Crippen LogP contribution in [-0.2, 0) is 16.1 Å². The summed E-state index contributed by atoms with van der Waals surface area (Å²) in [5.41, 5.74) is 1.72. The minimum absolute atomic E-state index is 0.0952. The second-order valence-corrected chi connectivity index (χ2v) is 5.85. The number of H-pyrrole nitrogens is 1. The van der Waals surface area contributed by atoms with Crippen molar-refractivity contribution < 1.29 is 9.53 Å². The highest BCUT2D eigenvalue weighted by molar-refractivity contribution is 5.93. The summed E-state index contributed by atoms with van der Waals surface area (Å²) in [4.78, 5) is 24.6. The molecule has 3 heterocycles. The first kappa shape index (κ1) is 14.9. The smallest absolute Gasteiger partial charge is 0.232 e. The number of aromatic amines is 1. The van der Waals surface area contributed by atoms with Crippen LogP contribution in [0.3, 0.4) is 0 Å². The van der Waals surface area contributed by atoms with Crippen molar-refractivity contribution in [2.75, 3.05) is 11.9 Å². The maximum Gasteiger partial charge on any atom is 0.232 e. The SMILES string of the molecule is CCn1ccnc1[C@@H]1OCC[C@H]1C(=O)Nc1nc2ccccc2[nH]1. The van der Waals surface area contributed by atoms with Crippen LogP contribution >= 0.6 is 0 Å². The van der Waals surface area contributed by atoms with Gasteiger partial charge in [-0.3, -0.25) is 10.1 Å². The highest BCUT2D eigenvalue weighted by atomic mass is 16.5. The van der Waals surface area contributed by atoms with Crippen LogP contribution < -0.4 is 5.32 Å². The first-order valence-electron chi connectivity index (χ1n) is 8.14. The molecule has 1 aromatic carbocycles.